The molecule has 0 bridgehead atoms. The van der Waals surface area contributed by atoms with Crippen LogP contribution in [-0.4, -0.2) is 37.0 Å². The third-order valence-electron chi connectivity index (χ3n) is 7.86. The molecule has 4 rings (SSSR count). The van der Waals surface area contributed by atoms with Crippen molar-refractivity contribution in [3.63, 3.8) is 0 Å². The van der Waals surface area contributed by atoms with Crippen LogP contribution in [0.25, 0.3) is 0 Å². The Bertz CT molecular complexity index is 1100. The van der Waals surface area contributed by atoms with Crippen molar-refractivity contribution in [1.29, 1.82) is 0 Å². The van der Waals surface area contributed by atoms with Gasteiger partial charge >= 0.3 is 0 Å². The average Bonchev–Trinajstić information content (AvgIpc) is 3.11. The van der Waals surface area contributed by atoms with E-state index in [9.17, 15) is 4.79 Å². The number of nitrogens with one attached hydrogen (secondary N) is 1. The summed E-state index contributed by atoms with van der Waals surface area (Å²) in [5.41, 5.74) is 6.89. The molecule has 4 heteroatoms. The first-order chi connectivity index (χ1) is 17.5. The molecule has 1 N–H and O–H groups in total. The molecule has 0 heterocycles. The lowest BCUT2D eigenvalue weighted by Crippen LogP contribution is -2.28. The molecule has 0 spiro atoms. The SMILES string of the molecule is CCN(CC)CCOc1cc(NC(=O)C2=C3CCC(c4ccc(C)cc4)C=CC3CCC2)ccc1C. The van der Waals surface area contributed by atoms with Crippen molar-refractivity contribution in [3.05, 3.63) is 82.5 Å². The molecule has 0 radical (unpaired) electrons. The number of ether oxygens (including phenoxy) is 1. The Labute approximate surface area is 217 Å². The highest BCUT2D eigenvalue weighted by molar-refractivity contribution is 6.04. The largest absolute Gasteiger partial charge is 0.492 e. The van der Waals surface area contributed by atoms with E-state index >= 15 is 0 Å². The predicted octanol–water partition coefficient (Wildman–Crippen LogP) is 7.19. The maximum atomic E-state index is 13.5. The van der Waals surface area contributed by atoms with Crippen LogP contribution >= 0.6 is 0 Å². The van der Waals surface area contributed by atoms with Crippen LogP contribution in [0.3, 0.4) is 0 Å². The molecule has 0 saturated carbocycles. The molecule has 0 aromatic heterocycles. The number of carbonyl (C=O) groups is 1. The number of hydrogen-bond donors (Lipinski definition) is 1. The second-order valence-corrected chi connectivity index (χ2v) is 10.3. The van der Waals surface area contributed by atoms with Crippen LogP contribution in [0.5, 0.6) is 5.75 Å². The van der Waals surface area contributed by atoms with E-state index in [1.807, 2.05) is 18.2 Å². The Morgan fingerprint density at radius 3 is 2.47 bits per heavy atom. The van der Waals surface area contributed by atoms with Crippen LogP contribution in [0.1, 0.15) is 68.6 Å². The van der Waals surface area contributed by atoms with Crippen LogP contribution in [0.15, 0.2) is 65.8 Å². The van der Waals surface area contributed by atoms with Gasteiger partial charge in [-0.15, -0.1) is 0 Å². The summed E-state index contributed by atoms with van der Waals surface area (Å²) in [6.07, 6.45) is 9.84. The molecule has 1 amide bonds. The van der Waals surface area contributed by atoms with Crippen molar-refractivity contribution in [2.75, 3.05) is 31.6 Å². The van der Waals surface area contributed by atoms with E-state index in [4.69, 9.17) is 4.74 Å². The first-order valence-electron chi connectivity index (χ1n) is 13.7. The van der Waals surface area contributed by atoms with Crippen LogP contribution in [-0.2, 0) is 4.79 Å². The third-order valence-corrected chi connectivity index (χ3v) is 7.86. The molecule has 2 aliphatic rings. The van der Waals surface area contributed by atoms with Crippen molar-refractivity contribution in [2.45, 2.75) is 65.7 Å². The molecule has 0 fully saturated rings. The van der Waals surface area contributed by atoms with Gasteiger partial charge in [-0.3, -0.25) is 4.79 Å². The molecular formula is C32H42N2O2. The molecule has 2 unspecified atom stereocenters. The summed E-state index contributed by atoms with van der Waals surface area (Å²) in [4.78, 5) is 15.8. The number of aryl methyl sites for hydroxylation is 2. The topological polar surface area (TPSA) is 41.6 Å². The Kier molecular flexibility index (Phi) is 9.03. The van der Waals surface area contributed by atoms with Gasteiger partial charge in [0.25, 0.3) is 5.91 Å². The normalized spacial score (nSPS) is 19.7. The van der Waals surface area contributed by atoms with Gasteiger partial charge in [0.15, 0.2) is 0 Å². The maximum Gasteiger partial charge on any atom is 0.251 e. The Balaban J connectivity index is 1.45. The third kappa shape index (κ3) is 6.47. The van der Waals surface area contributed by atoms with Gasteiger partial charge < -0.3 is 15.0 Å². The lowest BCUT2D eigenvalue weighted by atomic mass is 9.80. The molecule has 2 aromatic rings. The van der Waals surface area contributed by atoms with Crippen LogP contribution in [0.4, 0.5) is 5.69 Å². The molecule has 2 aromatic carbocycles. The standard InChI is InChI=1S/C32H42N2O2/c1-5-34(6-2)20-21-36-31-22-28(18-12-24(31)4)33-32(35)30-9-7-8-27-16-15-26(17-19-29(27)30)25-13-10-23(3)11-14-25/h10-16,18,22,26-27H,5-9,17,19-21H2,1-4H3,(H,33,35). The molecule has 4 nitrogen and oxygen atoms in total. The summed E-state index contributed by atoms with van der Waals surface area (Å²) in [7, 11) is 0. The van der Waals surface area contributed by atoms with Crippen LogP contribution < -0.4 is 10.1 Å². The van der Waals surface area contributed by atoms with Crippen molar-refractivity contribution in [2.24, 2.45) is 5.92 Å². The first-order valence-corrected chi connectivity index (χ1v) is 13.7. The zero-order valence-electron chi connectivity index (χ0n) is 22.5. The lowest BCUT2D eigenvalue weighted by Gasteiger charge is -2.25. The van der Waals surface area contributed by atoms with Gasteiger partial charge in [-0.1, -0.05) is 67.5 Å². The molecule has 2 atom stereocenters. The quantitative estimate of drug-likeness (QED) is 0.381. The van der Waals surface area contributed by atoms with Crippen molar-refractivity contribution >= 4 is 11.6 Å². The van der Waals surface area contributed by atoms with Crippen LogP contribution in [0, 0.1) is 19.8 Å². The van der Waals surface area contributed by atoms with Gasteiger partial charge in [0.2, 0.25) is 0 Å². The molecule has 192 valence electrons. The number of benzene rings is 2. The monoisotopic (exact) mass is 486 g/mol. The number of nitrogens with zero attached hydrogens (tertiary/aromatic N) is 1. The minimum absolute atomic E-state index is 0.0508. The highest BCUT2D eigenvalue weighted by Crippen LogP contribution is 2.40. The molecule has 0 saturated heterocycles. The highest BCUT2D eigenvalue weighted by Gasteiger charge is 2.28. The summed E-state index contributed by atoms with van der Waals surface area (Å²) in [5.74, 6) is 1.69. The molecular weight excluding hydrogens is 444 g/mol. The number of fused-ring (bicyclic) bond motifs is 1. The summed E-state index contributed by atoms with van der Waals surface area (Å²) in [5, 5.41) is 3.19. The van der Waals surface area contributed by atoms with Gasteiger partial charge in [-0.2, -0.15) is 0 Å². The molecule has 36 heavy (non-hydrogen) atoms. The Hall–Kier alpha value is -2.85. The fourth-order valence-corrected chi connectivity index (χ4v) is 5.50. The highest BCUT2D eigenvalue weighted by atomic mass is 16.5. The minimum atomic E-state index is 0.0508. The second-order valence-electron chi connectivity index (χ2n) is 10.3. The van der Waals surface area contributed by atoms with E-state index in [0.717, 1.165) is 74.3 Å². The van der Waals surface area contributed by atoms with E-state index in [2.05, 4.69) is 74.3 Å². The molecule has 2 aliphatic carbocycles. The lowest BCUT2D eigenvalue weighted by molar-refractivity contribution is -0.113. The molecule has 0 aliphatic heterocycles. The minimum Gasteiger partial charge on any atom is -0.492 e. The zero-order chi connectivity index (χ0) is 25.5. The number of carbonyl (C=O) groups excluding carboxylic acids is 1. The van der Waals surface area contributed by atoms with Crippen molar-refractivity contribution in [3.8, 4) is 5.75 Å². The number of likely N-dealkylation sites (N-methyl/N-ethyl adjacent to an activating group) is 1. The van der Waals surface area contributed by atoms with Gasteiger partial charge in [-0.25, -0.2) is 0 Å². The van der Waals surface area contributed by atoms with Gasteiger partial charge in [0, 0.05) is 29.8 Å². The number of anilines is 1. The first kappa shape index (κ1) is 26.2. The smallest absolute Gasteiger partial charge is 0.251 e. The van der Waals surface area contributed by atoms with E-state index in [0.29, 0.717) is 18.4 Å². The van der Waals surface area contributed by atoms with Crippen LogP contribution in [0.2, 0.25) is 0 Å². The predicted molar refractivity (Wildman–Crippen MR) is 150 cm³/mol. The average molecular weight is 487 g/mol. The van der Waals surface area contributed by atoms with E-state index in [-0.39, 0.29) is 5.91 Å². The second kappa shape index (κ2) is 12.4. The summed E-state index contributed by atoms with van der Waals surface area (Å²) >= 11 is 0. The summed E-state index contributed by atoms with van der Waals surface area (Å²) in [6.45, 7) is 12.1. The Morgan fingerprint density at radius 1 is 0.972 bits per heavy atom. The Morgan fingerprint density at radius 2 is 1.72 bits per heavy atom. The van der Waals surface area contributed by atoms with E-state index in [1.165, 1.54) is 16.7 Å². The van der Waals surface area contributed by atoms with E-state index in [1.54, 1.807) is 0 Å². The fraction of sp³-hybridized carbons (Fsp3) is 0.469. The van der Waals surface area contributed by atoms with E-state index < -0.39 is 0 Å². The maximum absolute atomic E-state index is 13.5. The van der Waals surface area contributed by atoms with Gasteiger partial charge in [0.1, 0.15) is 12.4 Å². The summed E-state index contributed by atoms with van der Waals surface area (Å²) in [6, 6.07) is 14.9. The number of hydrogen-bond acceptors (Lipinski definition) is 3. The number of rotatable bonds is 9. The van der Waals surface area contributed by atoms with Crippen molar-refractivity contribution in [1.82, 2.24) is 4.90 Å². The van der Waals surface area contributed by atoms with Gasteiger partial charge in [-0.05, 0) is 82.2 Å². The summed E-state index contributed by atoms with van der Waals surface area (Å²) < 4.78 is 6.09. The number of amides is 1. The van der Waals surface area contributed by atoms with Crippen molar-refractivity contribution < 1.29 is 9.53 Å². The van der Waals surface area contributed by atoms with Gasteiger partial charge in [0.05, 0.1) is 0 Å². The fourth-order valence-electron chi connectivity index (χ4n) is 5.50. The number of allylic oxidation sites excluding steroid dienone is 3. The zero-order valence-corrected chi connectivity index (χ0v) is 22.5.